The molecule has 2 heterocycles. The number of ether oxygens (including phenoxy) is 2. The third kappa shape index (κ3) is 3.71. The first kappa shape index (κ1) is 14.3. The second-order valence-electron chi connectivity index (χ2n) is 5.64. The Morgan fingerprint density at radius 3 is 2.57 bits per heavy atom. The van der Waals surface area contributed by atoms with Crippen LogP contribution in [0.4, 0.5) is 0 Å². The van der Waals surface area contributed by atoms with Gasteiger partial charge in [-0.2, -0.15) is 0 Å². The van der Waals surface area contributed by atoms with Gasteiger partial charge in [0.15, 0.2) is 5.79 Å². The molecule has 2 aromatic rings. The van der Waals surface area contributed by atoms with E-state index in [9.17, 15) is 0 Å². The number of aromatic nitrogens is 2. The van der Waals surface area contributed by atoms with Crippen molar-refractivity contribution in [2.24, 2.45) is 0 Å². The van der Waals surface area contributed by atoms with Crippen LogP contribution in [0.5, 0.6) is 0 Å². The number of aryl methyl sites for hydroxylation is 3. The molecule has 3 rings (SSSR count). The van der Waals surface area contributed by atoms with Crippen molar-refractivity contribution >= 4 is 0 Å². The molecule has 1 aromatic carbocycles. The number of nitrogens with zero attached hydrogens (tertiary/aromatic N) is 2. The maximum atomic E-state index is 5.93. The van der Waals surface area contributed by atoms with Crippen LogP contribution in [0, 0.1) is 6.92 Å². The Bertz CT molecular complexity index is 543. The van der Waals surface area contributed by atoms with Crippen molar-refractivity contribution in [2.75, 3.05) is 13.2 Å². The van der Waals surface area contributed by atoms with E-state index in [4.69, 9.17) is 9.47 Å². The highest BCUT2D eigenvalue weighted by molar-refractivity contribution is 5.21. The number of benzene rings is 1. The first-order valence-corrected chi connectivity index (χ1v) is 7.55. The van der Waals surface area contributed by atoms with Gasteiger partial charge in [0.1, 0.15) is 0 Å². The van der Waals surface area contributed by atoms with Crippen molar-refractivity contribution in [3.05, 3.63) is 54.1 Å². The molecule has 21 heavy (non-hydrogen) atoms. The maximum Gasteiger partial charge on any atom is 0.170 e. The standard InChI is InChI=1S/C17H22N2O2/c1-15-2-4-16(5-3-15)6-7-17(20-12-13-21-17)8-10-19-11-9-18-14-19/h2-5,9,11,14H,6-8,10,12-13H2,1H3. The summed E-state index contributed by atoms with van der Waals surface area (Å²) in [5, 5.41) is 0. The minimum Gasteiger partial charge on any atom is -0.347 e. The Hall–Kier alpha value is -1.65. The normalized spacial score (nSPS) is 17.2. The summed E-state index contributed by atoms with van der Waals surface area (Å²) in [6, 6.07) is 8.69. The predicted octanol–water partition coefficient (Wildman–Crippen LogP) is 2.96. The molecule has 0 saturated carbocycles. The van der Waals surface area contributed by atoms with Crippen LogP contribution >= 0.6 is 0 Å². The van der Waals surface area contributed by atoms with E-state index in [0.717, 1.165) is 25.8 Å². The molecular formula is C17H22N2O2. The van der Waals surface area contributed by atoms with Crippen molar-refractivity contribution < 1.29 is 9.47 Å². The fourth-order valence-electron chi connectivity index (χ4n) is 2.72. The summed E-state index contributed by atoms with van der Waals surface area (Å²) >= 11 is 0. The molecule has 0 spiro atoms. The van der Waals surface area contributed by atoms with Gasteiger partial charge < -0.3 is 14.0 Å². The van der Waals surface area contributed by atoms with Gasteiger partial charge >= 0.3 is 0 Å². The van der Waals surface area contributed by atoms with Gasteiger partial charge in [-0.15, -0.1) is 0 Å². The Labute approximate surface area is 125 Å². The average molecular weight is 286 g/mol. The molecule has 4 nitrogen and oxygen atoms in total. The van der Waals surface area contributed by atoms with E-state index >= 15 is 0 Å². The van der Waals surface area contributed by atoms with Crippen LogP contribution < -0.4 is 0 Å². The van der Waals surface area contributed by atoms with E-state index < -0.39 is 5.79 Å². The molecule has 1 fully saturated rings. The fraction of sp³-hybridized carbons (Fsp3) is 0.471. The average Bonchev–Trinajstić information content (AvgIpc) is 3.17. The first-order valence-electron chi connectivity index (χ1n) is 7.55. The molecule has 0 radical (unpaired) electrons. The predicted molar refractivity (Wildman–Crippen MR) is 81.0 cm³/mol. The monoisotopic (exact) mass is 286 g/mol. The van der Waals surface area contributed by atoms with Crippen LogP contribution in [0.25, 0.3) is 0 Å². The topological polar surface area (TPSA) is 36.3 Å². The molecule has 4 heteroatoms. The smallest absolute Gasteiger partial charge is 0.170 e. The Balaban J connectivity index is 1.59. The van der Waals surface area contributed by atoms with E-state index in [2.05, 4.69) is 40.7 Å². The van der Waals surface area contributed by atoms with Crippen molar-refractivity contribution in [3.63, 3.8) is 0 Å². The fourth-order valence-corrected chi connectivity index (χ4v) is 2.72. The maximum absolute atomic E-state index is 5.93. The summed E-state index contributed by atoms with van der Waals surface area (Å²) in [6.45, 7) is 4.36. The zero-order chi connectivity index (χ0) is 14.5. The van der Waals surface area contributed by atoms with Crippen molar-refractivity contribution in [3.8, 4) is 0 Å². The lowest BCUT2D eigenvalue weighted by Gasteiger charge is -2.27. The zero-order valence-electron chi connectivity index (χ0n) is 12.5. The Morgan fingerprint density at radius 1 is 1.14 bits per heavy atom. The van der Waals surface area contributed by atoms with Crippen LogP contribution in [0.3, 0.4) is 0 Å². The molecular weight excluding hydrogens is 264 g/mol. The largest absolute Gasteiger partial charge is 0.347 e. The molecule has 112 valence electrons. The number of hydrogen-bond donors (Lipinski definition) is 0. The molecule has 1 saturated heterocycles. The summed E-state index contributed by atoms with van der Waals surface area (Å²) < 4.78 is 13.9. The van der Waals surface area contributed by atoms with E-state index in [-0.39, 0.29) is 0 Å². The lowest BCUT2D eigenvalue weighted by molar-refractivity contribution is -0.168. The highest BCUT2D eigenvalue weighted by Crippen LogP contribution is 2.29. The highest BCUT2D eigenvalue weighted by atomic mass is 16.7. The van der Waals surface area contributed by atoms with Gasteiger partial charge in [0.2, 0.25) is 0 Å². The lowest BCUT2D eigenvalue weighted by Crippen LogP contribution is -2.32. The van der Waals surface area contributed by atoms with Gasteiger partial charge in [0.25, 0.3) is 0 Å². The number of hydrogen-bond acceptors (Lipinski definition) is 3. The molecule has 0 atom stereocenters. The van der Waals surface area contributed by atoms with Crippen molar-refractivity contribution in [1.29, 1.82) is 0 Å². The van der Waals surface area contributed by atoms with Crippen molar-refractivity contribution in [1.82, 2.24) is 9.55 Å². The molecule has 1 aliphatic rings. The highest BCUT2D eigenvalue weighted by Gasteiger charge is 2.35. The lowest BCUT2D eigenvalue weighted by atomic mass is 10.0. The molecule has 0 bridgehead atoms. The van der Waals surface area contributed by atoms with E-state index in [0.29, 0.717) is 13.2 Å². The third-order valence-corrected chi connectivity index (χ3v) is 4.04. The van der Waals surface area contributed by atoms with Crippen LogP contribution in [0.1, 0.15) is 24.0 Å². The van der Waals surface area contributed by atoms with Crippen molar-refractivity contribution in [2.45, 2.75) is 38.5 Å². The quantitative estimate of drug-likeness (QED) is 0.819. The Morgan fingerprint density at radius 2 is 1.90 bits per heavy atom. The van der Waals surface area contributed by atoms with E-state index in [1.807, 2.05) is 12.5 Å². The minimum atomic E-state index is -0.435. The van der Waals surface area contributed by atoms with E-state index in [1.54, 1.807) is 6.20 Å². The van der Waals surface area contributed by atoms with Gasteiger partial charge in [-0.1, -0.05) is 29.8 Å². The van der Waals surface area contributed by atoms with Crippen LogP contribution in [-0.2, 0) is 22.4 Å². The third-order valence-electron chi connectivity index (χ3n) is 4.04. The summed E-state index contributed by atoms with van der Waals surface area (Å²) in [5.41, 5.74) is 2.63. The van der Waals surface area contributed by atoms with Gasteiger partial charge in [-0.05, 0) is 18.9 Å². The Kier molecular flexibility index (Phi) is 4.36. The molecule has 0 aliphatic carbocycles. The van der Waals surface area contributed by atoms with Gasteiger partial charge in [-0.3, -0.25) is 0 Å². The van der Waals surface area contributed by atoms with Crippen LogP contribution in [0.2, 0.25) is 0 Å². The summed E-state index contributed by atoms with van der Waals surface area (Å²) in [6.07, 6.45) is 8.34. The summed E-state index contributed by atoms with van der Waals surface area (Å²) in [4.78, 5) is 4.07. The molecule has 0 amide bonds. The number of rotatable bonds is 6. The number of imidazole rings is 1. The second-order valence-corrected chi connectivity index (χ2v) is 5.64. The molecule has 1 aliphatic heterocycles. The van der Waals surface area contributed by atoms with Crippen LogP contribution in [-0.4, -0.2) is 28.6 Å². The zero-order valence-corrected chi connectivity index (χ0v) is 12.5. The van der Waals surface area contributed by atoms with Gasteiger partial charge in [-0.25, -0.2) is 4.98 Å². The molecule has 1 aromatic heterocycles. The molecule has 0 N–H and O–H groups in total. The summed E-state index contributed by atoms with van der Waals surface area (Å²) in [5.74, 6) is -0.435. The first-order chi connectivity index (χ1) is 10.3. The SMILES string of the molecule is Cc1ccc(CCC2(CCn3ccnc3)OCCO2)cc1. The van der Waals surface area contributed by atoms with Gasteiger partial charge in [0, 0.05) is 31.8 Å². The minimum absolute atomic E-state index is 0.435. The van der Waals surface area contributed by atoms with Gasteiger partial charge in [0.05, 0.1) is 19.5 Å². The summed E-state index contributed by atoms with van der Waals surface area (Å²) in [7, 11) is 0. The second kappa shape index (κ2) is 6.41. The van der Waals surface area contributed by atoms with Crippen LogP contribution in [0.15, 0.2) is 43.0 Å². The molecule has 0 unspecified atom stereocenters. The van der Waals surface area contributed by atoms with E-state index in [1.165, 1.54) is 11.1 Å².